The minimum Gasteiger partial charge on any atom is -0.467 e. The fourth-order valence-corrected chi connectivity index (χ4v) is 2.95. The van der Waals surface area contributed by atoms with Crippen LogP contribution in [0.15, 0.2) is 47.2 Å². The quantitative estimate of drug-likeness (QED) is 0.569. The number of aryl methyl sites for hydroxylation is 1. The largest absolute Gasteiger partial charge is 0.467 e. The molecular formula is C20H24N4O3. The first-order valence-electron chi connectivity index (χ1n) is 9.16. The Morgan fingerprint density at radius 3 is 2.81 bits per heavy atom. The Bertz CT molecular complexity index is 899. The molecule has 3 aromatic heterocycles. The van der Waals surface area contributed by atoms with E-state index in [1.165, 1.54) is 0 Å². The fourth-order valence-electron chi connectivity index (χ4n) is 2.95. The highest BCUT2D eigenvalue weighted by atomic mass is 16.3. The van der Waals surface area contributed by atoms with Gasteiger partial charge >= 0.3 is 0 Å². The highest BCUT2D eigenvalue weighted by molar-refractivity contribution is 5.94. The van der Waals surface area contributed by atoms with E-state index in [9.17, 15) is 9.59 Å². The number of aromatic nitrogens is 2. The smallest absolute Gasteiger partial charge is 0.270 e. The number of unbranched alkanes of at least 4 members (excludes halogenated alkanes) is 2. The molecule has 2 N–H and O–H groups in total. The predicted octanol–water partition coefficient (Wildman–Crippen LogP) is 2.84. The van der Waals surface area contributed by atoms with Gasteiger partial charge in [-0.05, 0) is 44.0 Å². The Balaban J connectivity index is 1.33. The van der Waals surface area contributed by atoms with Gasteiger partial charge in [0.1, 0.15) is 17.1 Å². The molecule has 0 aliphatic carbocycles. The van der Waals surface area contributed by atoms with Crippen molar-refractivity contribution in [2.24, 2.45) is 0 Å². The summed E-state index contributed by atoms with van der Waals surface area (Å²) in [4.78, 5) is 28.6. The Kier molecular flexibility index (Phi) is 6.25. The van der Waals surface area contributed by atoms with Crippen molar-refractivity contribution < 1.29 is 14.0 Å². The number of hydrogen-bond acceptors (Lipinski definition) is 4. The van der Waals surface area contributed by atoms with Gasteiger partial charge in [-0.2, -0.15) is 0 Å². The van der Waals surface area contributed by atoms with Gasteiger partial charge in [0.2, 0.25) is 5.91 Å². The summed E-state index contributed by atoms with van der Waals surface area (Å²) in [5.41, 5.74) is 2.05. The summed E-state index contributed by atoms with van der Waals surface area (Å²) in [5, 5.41) is 5.76. The second kappa shape index (κ2) is 9.02. The van der Waals surface area contributed by atoms with Crippen LogP contribution in [0.5, 0.6) is 0 Å². The maximum Gasteiger partial charge on any atom is 0.270 e. The van der Waals surface area contributed by atoms with E-state index in [4.69, 9.17) is 4.42 Å². The number of pyridine rings is 1. The van der Waals surface area contributed by atoms with Gasteiger partial charge < -0.3 is 15.1 Å². The first-order valence-corrected chi connectivity index (χ1v) is 9.16. The number of carbonyl (C=O) groups excluding carboxylic acids is 2. The number of hydrogen-bond donors (Lipinski definition) is 2. The van der Waals surface area contributed by atoms with Crippen LogP contribution in [0.25, 0.3) is 5.65 Å². The molecule has 3 rings (SSSR count). The van der Waals surface area contributed by atoms with Gasteiger partial charge in [0.15, 0.2) is 0 Å². The predicted molar refractivity (Wildman–Crippen MR) is 101 cm³/mol. The third-order valence-corrected chi connectivity index (χ3v) is 4.33. The molecule has 0 saturated carbocycles. The van der Waals surface area contributed by atoms with E-state index < -0.39 is 0 Å². The van der Waals surface area contributed by atoms with Crippen LogP contribution in [0, 0.1) is 6.92 Å². The van der Waals surface area contributed by atoms with Crippen molar-refractivity contribution in [3.63, 3.8) is 0 Å². The molecule has 3 aromatic rings. The minimum atomic E-state index is -0.123. The molecule has 0 bridgehead atoms. The van der Waals surface area contributed by atoms with Crippen molar-refractivity contribution in [2.45, 2.75) is 39.2 Å². The summed E-state index contributed by atoms with van der Waals surface area (Å²) in [7, 11) is 0. The zero-order valence-electron chi connectivity index (χ0n) is 15.4. The summed E-state index contributed by atoms with van der Waals surface area (Å²) in [6.07, 6.45) is 6.39. The Labute approximate surface area is 157 Å². The van der Waals surface area contributed by atoms with Gasteiger partial charge in [-0.25, -0.2) is 4.98 Å². The number of furan rings is 1. The van der Waals surface area contributed by atoms with Crippen LogP contribution in [0.4, 0.5) is 0 Å². The van der Waals surface area contributed by atoms with E-state index in [2.05, 4.69) is 15.6 Å². The molecule has 0 saturated heterocycles. The Morgan fingerprint density at radius 2 is 2.00 bits per heavy atom. The molecule has 27 heavy (non-hydrogen) atoms. The van der Waals surface area contributed by atoms with E-state index >= 15 is 0 Å². The number of nitrogens with zero attached hydrogens (tertiary/aromatic N) is 2. The van der Waals surface area contributed by atoms with Crippen LogP contribution < -0.4 is 10.6 Å². The van der Waals surface area contributed by atoms with Gasteiger partial charge in [0, 0.05) is 19.2 Å². The Morgan fingerprint density at radius 1 is 1.11 bits per heavy atom. The number of amides is 2. The third-order valence-electron chi connectivity index (χ3n) is 4.33. The van der Waals surface area contributed by atoms with E-state index in [1.54, 1.807) is 16.7 Å². The second-order valence-corrected chi connectivity index (χ2v) is 6.40. The maximum atomic E-state index is 12.4. The highest BCUT2D eigenvalue weighted by Crippen LogP contribution is 2.11. The monoisotopic (exact) mass is 368 g/mol. The molecule has 0 aromatic carbocycles. The number of fused-ring (bicyclic) bond motifs is 1. The molecule has 2 amide bonds. The standard InChI is InChI=1S/C20H24N4O3/c1-15-19(24-12-6-4-9-17(24)23-15)20(26)21-11-5-2-3-10-18(25)22-14-16-8-7-13-27-16/h4,6-9,12-13H,2-3,5,10-11,14H2,1H3,(H,21,26)(H,22,25). The number of rotatable bonds is 9. The summed E-state index contributed by atoms with van der Waals surface area (Å²) in [6.45, 7) is 2.83. The van der Waals surface area contributed by atoms with Crippen LogP contribution in [0.3, 0.4) is 0 Å². The van der Waals surface area contributed by atoms with E-state index in [0.29, 0.717) is 30.9 Å². The van der Waals surface area contributed by atoms with Gasteiger partial charge in [0.25, 0.3) is 5.91 Å². The summed E-state index contributed by atoms with van der Waals surface area (Å²) < 4.78 is 6.97. The summed E-state index contributed by atoms with van der Waals surface area (Å²) in [5.74, 6) is 0.632. The van der Waals surface area contributed by atoms with Gasteiger partial charge in [-0.1, -0.05) is 12.5 Å². The van der Waals surface area contributed by atoms with Crippen molar-refractivity contribution >= 4 is 17.5 Å². The van der Waals surface area contributed by atoms with Gasteiger partial charge in [-0.15, -0.1) is 0 Å². The molecule has 0 spiro atoms. The zero-order chi connectivity index (χ0) is 19.1. The van der Waals surface area contributed by atoms with Crippen LogP contribution in [0.1, 0.15) is 47.6 Å². The van der Waals surface area contributed by atoms with E-state index in [0.717, 1.165) is 30.7 Å². The average molecular weight is 368 g/mol. The maximum absolute atomic E-state index is 12.4. The lowest BCUT2D eigenvalue weighted by Crippen LogP contribution is -2.26. The molecule has 142 valence electrons. The van der Waals surface area contributed by atoms with Crippen LogP contribution in [-0.2, 0) is 11.3 Å². The lowest BCUT2D eigenvalue weighted by atomic mass is 10.2. The second-order valence-electron chi connectivity index (χ2n) is 6.40. The number of imidazole rings is 1. The normalized spacial score (nSPS) is 10.9. The molecule has 7 heteroatoms. The van der Waals surface area contributed by atoms with E-state index in [-0.39, 0.29) is 11.8 Å². The van der Waals surface area contributed by atoms with Crippen LogP contribution >= 0.6 is 0 Å². The third kappa shape index (κ3) is 4.97. The summed E-state index contributed by atoms with van der Waals surface area (Å²) >= 11 is 0. The van der Waals surface area contributed by atoms with Crippen molar-refractivity contribution in [3.05, 3.63) is 59.9 Å². The number of carbonyl (C=O) groups is 2. The minimum absolute atomic E-state index is 0.0109. The first kappa shape index (κ1) is 18.7. The zero-order valence-corrected chi connectivity index (χ0v) is 15.4. The Hall–Kier alpha value is -3.09. The molecule has 0 atom stereocenters. The van der Waals surface area contributed by atoms with Crippen LogP contribution in [-0.4, -0.2) is 27.7 Å². The number of nitrogens with one attached hydrogen (secondary N) is 2. The fraction of sp³-hybridized carbons (Fsp3) is 0.350. The van der Waals surface area contributed by atoms with Crippen molar-refractivity contribution in [1.82, 2.24) is 20.0 Å². The van der Waals surface area contributed by atoms with Crippen molar-refractivity contribution in [2.75, 3.05) is 6.54 Å². The highest BCUT2D eigenvalue weighted by Gasteiger charge is 2.15. The van der Waals surface area contributed by atoms with Crippen LogP contribution in [0.2, 0.25) is 0 Å². The topological polar surface area (TPSA) is 88.6 Å². The van der Waals surface area contributed by atoms with Gasteiger partial charge in [-0.3, -0.25) is 14.0 Å². The molecule has 0 aliphatic rings. The molecule has 3 heterocycles. The van der Waals surface area contributed by atoms with Gasteiger partial charge in [0.05, 0.1) is 18.5 Å². The SMILES string of the molecule is Cc1nc2ccccn2c1C(=O)NCCCCCC(=O)NCc1ccco1. The first-order chi connectivity index (χ1) is 13.1. The molecule has 7 nitrogen and oxygen atoms in total. The molecular weight excluding hydrogens is 344 g/mol. The molecule has 0 fully saturated rings. The lowest BCUT2D eigenvalue weighted by molar-refractivity contribution is -0.121. The van der Waals surface area contributed by atoms with Crippen molar-refractivity contribution in [3.8, 4) is 0 Å². The molecule has 0 unspecified atom stereocenters. The van der Waals surface area contributed by atoms with Crippen molar-refractivity contribution in [1.29, 1.82) is 0 Å². The molecule has 0 aliphatic heterocycles. The lowest BCUT2D eigenvalue weighted by Gasteiger charge is -2.06. The average Bonchev–Trinajstić information content (AvgIpc) is 3.29. The molecule has 0 radical (unpaired) electrons. The van der Waals surface area contributed by atoms with E-state index in [1.807, 2.05) is 37.4 Å². The summed E-state index contributed by atoms with van der Waals surface area (Å²) in [6, 6.07) is 9.27.